The van der Waals surface area contributed by atoms with Crippen molar-refractivity contribution < 1.29 is 19.7 Å². The van der Waals surface area contributed by atoms with Crippen molar-refractivity contribution in [3.8, 4) is 0 Å². The highest BCUT2D eigenvalue weighted by atomic mass is 79.9. The molecular formula is C14H15BrN2O4S. The Bertz CT molecular complexity index is 608. The number of aliphatic hydroxyl groups excluding tert-OH is 2. The van der Waals surface area contributed by atoms with Crippen LogP contribution in [0.25, 0.3) is 0 Å². The Morgan fingerprint density at radius 1 is 1.36 bits per heavy atom. The van der Waals surface area contributed by atoms with Gasteiger partial charge in [0.1, 0.15) is 18.8 Å². The van der Waals surface area contributed by atoms with Crippen molar-refractivity contribution in [2.24, 2.45) is 0 Å². The number of ether oxygens (including phenoxy) is 1. The zero-order valence-corrected chi connectivity index (χ0v) is 13.9. The molecule has 0 saturated heterocycles. The van der Waals surface area contributed by atoms with Crippen LogP contribution in [-0.4, -0.2) is 33.9 Å². The van der Waals surface area contributed by atoms with Gasteiger partial charge in [-0.1, -0.05) is 30.3 Å². The third-order valence-electron chi connectivity index (χ3n) is 2.83. The van der Waals surface area contributed by atoms with Crippen molar-refractivity contribution in [2.45, 2.75) is 18.8 Å². The molecule has 0 aliphatic carbocycles. The Labute approximate surface area is 139 Å². The first-order chi connectivity index (χ1) is 10.6. The van der Waals surface area contributed by atoms with Crippen LogP contribution in [0, 0.1) is 0 Å². The monoisotopic (exact) mass is 386 g/mol. The number of nitrogens with zero attached hydrogens (tertiary/aromatic N) is 1. The number of halogens is 1. The number of alkyl carbamates (subject to hydrolysis) is 1. The van der Waals surface area contributed by atoms with Crippen molar-refractivity contribution in [2.75, 3.05) is 6.54 Å². The van der Waals surface area contributed by atoms with E-state index in [4.69, 9.17) is 4.74 Å². The maximum absolute atomic E-state index is 11.5. The molecule has 8 heteroatoms. The minimum atomic E-state index is -1.17. The Hall–Kier alpha value is -1.48. The molecule has 2 rings (SSSR count). The fourth-order valence-corrected chi connectivity index (χ4v) is 2.72. The maximum Gasteiger partial charge on any atom is 0.407 e. The summed E-state index contributed by atoms with van der Waals surface area (Å²) in [5.41, 5.74) is 1.22. The van der Waals surface area contributed by atoms with Crippen molar-refractivity contribution in [1.29, 1.82) is 0 Å². The number of nitrogens with one attached hydrogen (secondary N) is 1. The van der Waals surface area contributed by atoms with Crippen LogP contribution in [0.2, 0.25) is 0 Å². The molecule has 2 aromatic rings. The largest absolute Gasteiger partial charge is 0.445 e. The summed E-state index contributed by atoms with van der Waals surface area (Å²) in [4.78, 5) is 15.6. The summed E-state index contributed by atoms with van der Waals surface area (Å²) in [6.07, 6.45) is -3.00. The molecule has 0 fully saturated rings. The average molecular weight is 387 g/mol. The minimum Gasteiger partial charge on any atom is -0.445 e. The standard InChI is InChI=1S/C14H15BrN2O4S/c15-13-17-10(8-22-13)12(19)11(18)6-16-14(20)21-7-9-4-2-1-3-5-9/h1-5,8,11-12,18-19H,6-7H2,(H,16,20). The fraction of sp³-hybridized carbons (Fsp3) is 0.286. The van der Waals surface area contributed by atoms with Crippen molar-refractivity contribution >= 4 is 33.4 Å². The number of rotatable bonds is 6. The van der Waals surface area contributed by atoms with Gasteiger partial charge in [-0.2, -0.15) is 0 Å². The van der Waals surface area contributed by atoms with E-state index in [9.17, 15) is 15.0 Å². The molecule has 0 aliphatic rings. The molecule has 2 unspecified atom stereocenters. The number of amides is 1. The van der Waals surface area contributed by atoms with E-state index >= 15 is 0 Å². The van der Waals surface area contributed by atoms with Crippen LogP contribution < -0.4 is 5.32 Å². The molecule has 0 aliphatic heterocycles. The van der Waals surface area contributed by atoms with Gasteiger partial charge in [0.15, 0.2) is 3.92 Å². The van der Waals surface area contributed by atoms with E-state index in [1.165, 1.54) is 11.3 Å². The van der Waals surface area contributed by atoms with Crippen LogP contribution in [0.3, 0.4) is 0 Å². The normalized spacial score (nSPS) is 13.4. The number of hydrogen-bond acceptors (Lipinski definition) is 6. The van der Waals surface area contributed by atoms with Crippen LogP contribution in [0.4, 0.5) is 4.79 Å². The average Bonchev–Trinajstić information content (AvgIpc) is 2.97. The molecule has 0 spiro atoms. The second-order valence-corrected chi connectivity index (χ2v) is 6.61. The number of aromatic nitrogens is 1. The van der Waals surface area contributed by atoms with Crippen molar-refractivity contribution in [3.63, 3.8) is 0 Å². The molecular weight excluding hydrogens is 372 g/mol. The smallest absolute Gasteiger partial charge is 0.407 e. The first-order valence-corrected chi connectivity index (χ1v) is 8.15. The summed E-state index contributed by atoms with van der Waals surface area (Å²) in [7, 11) is 0. The Balaban J connectivity index is 1.73. The Morgan fingerprint density at radius 2 is 2.09 bits per heavy atom. The Morgan fingerprint density at radius 3 is 2.73 bits per heavy atom. The topological polar surface area (TPSA) is 91.7 Å². The lowest BCUT2D eigenvalue weighted by Gasteiger charge is -2.16. The minimum absolute atomic E-state index is 0.135. The molecule has 6 nitrogen and oxygen atoms in total. The van der Waals surface area contributed by atoms with Gasteiger partial charge in [0, 0.05) is 11.9 Å². The lowest BCUT2D eigenvalue weighted by Crippen LogP contribution is -2.35. The van der Waals surface area contributed by atoms with Gasteiger partial charge in [-0.15, -0.1) is 11.3 Å². The number of aliphatic hydroxyl groups is 2. The first kappa shape index (κ1) is 16.9. The quantitative estimate of drug-likeness (QED) is 0.707. The van der Waals surface area contributed by atoms with Crippen LogP contribution in [0.5, 0.6) is 0 Å². The number of carbonyl (C=O) groups excluding carboxylic acids is 1. The van der Waals surface area contributed by atoms with Crippen LogP contribution in [0.15, 0.2) is 39.6 Å². The summed E-state index contributed by atoms with van der Waals surface area (Å²) in [6, 6.07) is 9.25. The van der Waals surface area contributed by atoms with Gasteiger partial charge in [-0.25, -0.2) is 9.78 Å². The molecule has 0 bridgehead atoms. The maximum atomic E-state index is 11.5. The lowest BCUT2D eigenvalue weighted by atomic mass is 10.1. The van der Waals surface area contributed by atoms with Gasteiger partial charge in [-0.3, -0.25) is 0 Å². The molecule has 0 saturated carbocycles. The lowest BCUT2D eigenvalue weighted by molar-refractivity contribution is 0.0162. The molecule has 0 radical (unpaired) electrons. The van der Waals surface area contributed by atoms with Gasteiger partial charge >= 0.3 is 6.09 Å². The second kappa shape index (κ2) is 8.23. The van der Waals surface area contributed by atoms with Gasteiger partial charge in [0.2, 0.25) is 0 Å². The van der Waals surface area contributed by atoms with E-state index in [2.05, 4.69) is 26.2 Å². The molecule has 1 aromatic heterocycles. The first-order valence-electron chi connectivity index (χ1n) is 6.48. The van der Waals surface area contributed by atoms with E-state index < -0.39 is 18.3 Å². The van der Waals surface area contributed by atoms with Crippen molar-refractivity contribution in [1.82, 2.24) is 10.3 Å². The number of hydrogen-bond donors (Lipinski definition) is 3. The molecule has 3 N–H and O–H groups in total. The number of benzene rings is 1. The van der Waals surface area contributed by atoms with Gasteiger partial charge in [0.05, 0.1) is 5.69 Å². The summed E-state index contributed by atoms with van der Waals surface area (Å²) in [6.45, 7) is 0.00822. The van der Waals surface area contributed by atoms with E-state index in [-0.39, 0.29) is 13.2 Å². The predicted molar refractivity (Wildman–Crippen MR) is 85.4 cm³/mol. The number of thiazole rings is 1. The molecule has 118 valence electrons. The van der Waals surface area contributed by atoms with E-state index in [0.717, 1.165) is 5.56 Å². The highest BCUT2D eigenvalue weighted by molar-refractivity contribution is 9.11. The van der Waals surface area contributed by atoms with Crippen LogP contribution >= 0.6 is 27.3 Å². The van der Waals surface area contributed by atoms with E-state index in [1.807, 2.05) is 30.3 Å². The Kier molecular flexibility index (Phi) is 6.32. The molecule has 2 atom stereocenters. The van der Waals surface area contributed by atoms with E-state index in [1.54, 1.807) is 5.38 Å². The third kappa shape index (κ3) is 5.06. The second-order valence-electron chi connectivity index (χ2n) is 4.48. The van der Waals surface area contributed by atoms with Crippen LogP contribution in [0.1, 0.15) is 17.4 Å². The zero-order valence-electron chi connectivity index (χ0n) is 11.5. The zero-order chi connectivity index (χ0) is 15.9. The summed E-state index contributed by atoms with van der Waals surface area (Å²) >= 11 is 4.48. The van der Waals surface area contributed by atoms with Gasteiger partial charge in [-0.05, 0) is 21.5 Å². The fourth-order valence-electron chi connectivity index (χ4n) is 1.67. The molecule has 1 heterocycles. The highest BCUT2D eigenvalue weighted by Crippen LogP contribution is 2.22. The van der Waals surface area contributed by atoms with Crippen molar-refractivity contribution in [3.05, 3.63) is 50.9 Å². The predicted octanol–water partition coefficient (Wildman–Crippen LogP) is 2.23. The SMILES string of the molecule is O=C(NCC(O)C(O)c1csc(Br)n1)OCc1ccccc1. The van der Waals surface area contributed by atoms with Gasteiger partial charge < -0.3 is 20.3 Å². The van der Waals surface area contributed by atoms with Gasteiger partial charge in [0.25, 0.3) is 0 Å². The van der Waals surface area contributed by atoms with E-state index in [0.29, 0.717) is 9.61 Å². The third-order valence-corrected chi connectivity index (χ3v) is 4.21. The molecule has 1 amide bonds. The summed E-state index contributed by atoms with van der Waals surface area (Å²) in [5, 5.41) is 23.8. The molecule has 22 heavy (non-hydrogen) atoms. The van der Waals surface area contributed by atoms with Crippen LogP contribution in [-0.2, 0) is 11.3 Å². The summed E-state index contributed by atoms with van der Waals surface area (Å²) in [5.74, 6) is 0. The highest BCUT2D eigenvalue weighted by Gasteiger charge is 2.21. The molecule has 1 aromatic carbocycles. The summed E-state index contributed by atoms with van der Waals surface area (Å²) < 4.78 is 5.62. The number of carbonyl (C=O) groups is 1.